The average molecular weight is 384 g/mol. The molecule has 6 heteroatoms. The van der Waals surface area contributed by atoms with Crippen molar-refractivity contribution in [1.82, 2.24) is 0 Å². The van der Waals surface area contributed by atoms with Crippen molar-refractivity contribution in [3.8, 4) is 17.2 Å². The van der Waals surface area contributed by atoms with Gasteiger partial charge in [-0.25, -0.2) is 4.79 Å². The van der Waals surface area contributed by atoms with Crippen LogP contribution >= 0.6 is 27.5 Å². The van der Waals surface area contributed by atoms with Crippen molar-refractivity contribution in [3.05, 3.63) is 51.5 Å². The van der Waals surface area contributed by atoms with Gasteiger partial charge in [-0.1, -0.05) is 23.7 Å². The molecule has 0 aliphatic carbocycles. The molecule has 0 aromatic heterocycles. The van der Waals surface area contributed by atoms with Gasteiger partial charge in [-0.05, 0) is 40.2 Å². The van der Waals surface area contributed by atoms with Crippen LogP contribution < -0.4 is 14.2 Å². The van der Waals surface area contributed by atoms with Crippen molar-refractivity contribution in [2.45, 2.75) is 6.42 Å². The third-order valence-corrected chi connectivity index (χ3v) is 4.01. The maximum Gasteiger partial charge on any atom is 0.343 e. The standard InChI is InChI=1S/C16H12BrClO4/c17-11-4-1-2-5-13(11)22-16(19)10-8-12(18)15-14(9-10)20-6-3-7-21-15/h1-2,4-5,8-9H,3,6-7H2. The van der Waals surface area contributed by atoms with E-state index in [9.17, 15) is 4.79 Å². The minimum absolute atomic E-state index is 0.310. The fraction of sp³-hybridized carbons (Fsp3) is 0.188. The van der Waals surface area contributed by atoms with Crippen LogP contribution in [0, 0.1) is 0 Å². The molecular formula is C16H12BrClO4. The van der Waals surface area contributed by atoms with Gasteiger partial charge in [0, 0.05) is 6.42 Å². The maximum absolute atomic E-state index is 12.3. The molecule has 0 atom stereocenters. The molecule has 0 spiro atoms. The molecule has 22 heavy (non-hydrogen) atoms. The molecule has 1 aliphatic heterocycles. The van der Waals surface area contributed by atoms with Gasteiger partial charge in [-0.15, -0.1) is 0 Å². The van der Waals surface area contributed by atoms with E-state index in [0.29, 0.717) is 45.5 Å². The van der Waals surface area contributed by atoms with Crippen molar-refractivity contribution >= 4 is 33.5 Å². The molecule has 114 valence electrons. The van der Waals surface area contributed by atoms with Crippen LogP contribution in [0.5, 0.6) is 17.2 Å². The molecule has 3 rings (SSSR count). The van der Waals surface area contributed by atoms with Crippen LogP contribution in [0.2, 0.25) is 5.02 Å². The number of carbonyl (C=O) groups excluding carboxylic acids is 1. The van der Waals surface area contributed by atoms with Crippen LogP contribution in [0.25, 0.3) is 0 Å². The van der Waals surface area contributed by atoms with Crippen LogP contribution in [0.3, 0.4) is 0 Å². The highest BCUT2D eigenvalue weighted by Crippen LogP contribution is 2.38. The smallest absolute Gasteiger partial charge is 0.343 e. The summed E-state index contributed by atoms with van der Waals surface area (Å²) in [6, 6.07) is 10.2. The zero-order valence-corrected chi connectivity index (χ0v) is 13.8. The predicted molar refractivity (Wildman–Crippen MR) is 86.2 cm³/mol. The first kappa shape index (κ1) is 15.2. The summed E-state index contributed by atoms with van der Waals surface area (Å²) >= 11 is 9.51. The van der Waals surface area contributed by atoms with Gasteiger partial charge in [0.25, 0.3) is 0 Å². The maximum atomic E-state index is 12.3. The number of fused-ring (bicyclic) bond motifs is 1. The molecule has 1 heterocycles. The molecule has 2 aromatic carbocycles. The van der Waals surface area contributed by atoms with E-state index in [4.69, 9.17) is 25.8 Å². The summed E-state index contributed by atoms with van der Waals surface area (Å²) in [5.74, 6) is 0.862. The topological polar surface area (TPSA) is 44.8 Å². The summed E-state index contributed by atoms with van der Waals surface area (Å²) in [4.78, 5) is 12.3. The minimum Gasteiger partial charge on any atom is -0.489 e. The molecule has 0 saturated carbocycles. The second-order valence-electron chi connectivity index (χ2n) is 4.66. The molecule has 0 amide bonds. The monoisotopic (exact) mass is 382 g/mol. The molecule has 1 aliphatic rings. The van der Waals surface area contributed by atoms with Gasteiger partial charge in [0.1, 0.15) is 5.75 Å². The molecule has 0 saturated heterocycles. The summed E-state index contributed by atoms with van der Waals surface area (Å²) in [7, 11) is 0. The first-order valence-electron chi connectivity index (χ1n) is 6.71. The Bertz CT molecular complexity index is 717. The highest BCUT2D eigenvalue weighted by atomic mass is 79.9. The first-order valence-corrected chi connectivity index (χ1v) is 7.88. The van der Waals surface area contributed by atoms with Gasteiger partial charge in [-0.3, -0.25) is 0 Å². The van der Waals surface area contributed by atoms with E-state index in [1.807, 2.05) is 6.07 Å². The molecule has 2 aromatic rings. The minimum atomic E-state index is -0.510. The van der Waals surface area contributed by atoms with Crippen molar-refractivity contribution in [2.75, 3.05) is 13.2 Å². The van der Waals surface area contributed by atoms with Crippen LogP contribution in [0.1, 0.15) is 16.8 Å². The summed E-state index contributed by atoms with van der Waals surface area (Å²) in [6.07, 6.45) is 0.766. The lowest BCUT2D eigenvalue weighted by molar-refractivity contribution is 0.0733. The number of hydrogen-bond acceptors (Lipinski definition) is 4. The molecular weight excluding hydrogens is 372 g/mol. The Hall–Kier alpha value is -1.72. The van der Waals surface area contributed by atoms with Crippen molar-refractivity contribution in [2.24, 2.45) is 0 Å². The average Bonchev–Trinajstić information content (AvgIpc) is 2.75. The lowest BCUT2D eigenvalue weighted by atomic mass is 10.2. The number of halogens is 2. The lowest BCUT2D eigenvalue weighted by Gasteiger charge is -2.11. The molecule has 0 fully saturated rings. The fourth-order valence-electron chi connectivity index (χ4n) is 2.03. The van der Waals surface area contributed by atoms with Gasteiger partial charge >= 0.3 is 5.97 Å². The summed E-state index contributed by atoms with van der Waals surface area (Å²) in [5.41, 5.74) is 0.310. The van der Waals surface area contributed by atoms with Gasteiger partial charge in [0.05, 0.1) is 28.3 Å². The number of esters is 1. The summed E-state index contributed by atoms with van der Waals surface area (Å²) < 4.78 is 17.2. The van der Waals surface area contributed by atoms with E-state index in [1.54, 1.807) is 24.3 Å². The zero-order chi connectivity index (χ0) is 15.5. The van der Waals surface area contributed by atoms with Crippen LogP contribution in [-0.2, 0) is 0 Å². The largest absolute Gasteiger partial charge is 0.489 e. The Kier molecular flexibility index (Phi) is 4.55. The van der Waals surface area contributed by atoms with Crippen LogP contribution in [-0.4, -0.2) is 19.2 Å². The van der Waals surface area contributed by atoms with E-state index in [2.05, 4.69) is 15.9 Å². The van der Waals surface area contributed by atoms with Crippen LogP contribution in [0.4, 0.5) is 0 Å². The molecule has 0 unspecified atom stereocenters. The number of rotatable bonds is 2. The number of hydrogen-bond donors (Lipinski definition) is 0. The van der Waals surface area contributed by atoms with Gasteiger partial charge in [-0.2, -0.15) is 0 Å². The normalized spacial score (nSPS) is 13.4. The third kappa shape index (κ3) is 3.20. The Morgan fingerprint density at radius 1 is 1.18 bits per heavy atom. The van der Waals surface area contributed by atoms with E-state index in [1.165, 1.54) is 6.07 Å². The number of carbonyl (C=O) groups is 1. The molecule has 0 bridgehead atoms. The number of para-hydroxylation sites is 1. The van der Waals surface area contributed by atoms with Gasteiger partial charge < -0.3 is 14.2 Å². The number of benzene rings is 2. The Balaban J connectivity index is 1.88. The van der Waals surface area contributed by atoms with E-state index in [0.717, 1.165) is 6.42 Å². The van der Waals surface area contributed by atoms with E-state index in [-0.39, 0.29) is 0 Å². The number of ether oxygens (including phenoxy) is 3. The zero-order valence-electron chi connectivity index (χ0n) is 11.5. The van der Waals surface area contributed by atoms with E-state index < -0.39 is 5.97 Å². The fourth-order valence-corrected chi connectivity index (χ4v) is 2.67. The van der Waals surface area contributed by atoms with Crippen molar-refractivity contribution in [1.29, 1.82) is 0 Å². The van der Waals surface area contributed by atoms with Gasteiger partial charge in [0.2, 0.25) is 0 Å². The quantitative estimate of drug-likeness (QED) is 0.566. The van der Waals surface area contributed by atoms with Crippen LogP contribution in [0.15, 0.2) is 40.9 Å². The predicted octanol–water partition coefficient (Wildman–Crippen LogP) is 4.48. The lowest BCUT2D eigenvalue weighted by Crippen LogP contribution is -2.09. The third-order valence-electron chi connectivity index (χ3n) is 3.08. The SMILES string of the molecule is O=C(Oc1ccccc1Br)c1cc(Cl)c2c(c1)OCCCO2. The Labute approximate surface area is 141 Å². The second-order valence-corrected chi connectivity index (χ2v) is 5.92. The summed E-state index contributed by atoms with van der Waals surface area (Å²) in [6.45, 7) is 1.06. The van der Waals surface area contributed by atoms with Crippen molar-refractivity contribution < 1.29 is 19.0 Å². The summed E-state index contributed by atoms with van der Waals surface area (Å²) in [5, 5.41) is 0.332. The van der Waals surface area contributed by atoms with E-state index >= 15 is 0 Å². The highest BCUT2D eigenvalue weighted by molar-refractivity contribution is 9.10. The second kappa shape index (κ2) is 6.58. The molecule has 4 nitrogen and oxygen atoms in total. The molecule has 0 N–H and O–H groups in total. The Morgan fingerprint density at radius 2 is 1.95 bits per heavy atom. The highest BCUT2D eigenvalue weighted by Gasteiger charge is 2.20. The van der Waals surface area contributed by atoms with Gasteiger partial charge in [0.15, 0.2) is 11.5 Å². The molecule has 0 radical (unpaired) electrons. The van der Waals surface area contributed by atoms with Crippen molar-refractivity contribution in [3.63, 3.8) is 0 Å². The first-order chi connectivity index (χ1) is 10.6. The Morgan fingerprint density at radius 3 is 2.77 bits per heavy atom.